The summed E-state index contributed by atoms with van der Waals surface area (Å²) in [5.41, 5.74) is 5.75. The lowest BCUT2D eigenvalue weighted by Gasteiger charge is -2.13. The highest BCUT2D eigenvalue weighted by atomic mass is 35.5. The molecule has 0 N–H and O–H groups in total. The van der Waals surface area contributed by atoms with Gasteiger partial charge < -0.3 is 0 Å². The minimum Gasteiger partial charge on any atom is -0.297 e. The number of hydrogen-bond donors (Lipinski definition) is 0. The van der Waals surface area contributed by atoms with E-state index in [1.165, 1.54) is 22.5 Å². The lowest BCUT2D eigenvalue weighted by molar-refractivity contribution is 0.112. The van der Waals surface area contributed by atoms with Crippen LogP contribution in [0.2, 0.25) is 5.02 Å². The van der Waals surface area contributed by atoms with Crippen molar-refractivity contribution in [3.8, 4) is 11.1 Å². The van der Waals surface area contributed by atoms with Crippen LogP contribution >= 0.6 is 22.9 Å². The number of nitrogens with zero attached hydrogens (tertiary/aromatic N) is 1. The molecule has 2 heterocycles. The zero-order valence-corrected chi connectivity index (χ0v) is 15.7. The molecule has 0 atom stereocenters. The summed E-state index contributed by atoms with van der Waals surface area (Å²) in [7, 11) is 0. The standard InChI is InChI=1S/C20H20ClNOS/c1-4-6-15-12(3)18-19(13-7-9-14(21)10-8-13)17(11-23)24-20(18)22-16(15)5-2/h7-11H,4-6H2,1-3H3. The molecule has 0 bridgehead atoms. The summed E-state index contributed by atoms with van der Waals surface area (Å²) in [6.45, 7) is 6.49. The molecule has 1 aromatic carbocycles. The number of aromatic nitrogens is 1. The molecule has 3 rings (SSSR count). The fourth-order valence-electron chi connectivity index (χ4n) is 3.28. The van der Waals surface area contributed by atoms with Crippen LogP contribution in [0.15, 0.2) is 24.3 Å². The van der Waals surface area contributed by atoms with Gasteiger partial charge in [-0.05, 0) is 48.6 Å². The number of benzene rings is 1. The Morgan fingerprint density at radius 3 is 2.50 bits per heavy atom. The molecule has 0 aliphatic carbocycles. The summed E-state index contributed by atoms with van der Waals surface area (Å²) >= 11 is 7.50. The number of thiophene rings is 1. The summed E-state index contributed by atoms with van der Waals surface area (Å²) < 4.78 is 0. The number of carbonyl (C=O) groups is 1. The van der Waals surface area contributed by atoms with Gasteiger partial charge in [0, 0.05) is 21.7 Å². The molecule has 0 saturated carbocycles. The van der Waals surface area contributed by atoms with Crippen LogP contribution < -0.4 is 0 Å². The third-order valence-electron chi connectivity index (χ3n) is 4.40. The first-order chi connectivity index (χ1) is 11.6. The molecule has 0 saturated heterocycles. The molecular formula is C20H20ClNOS. The third-order valence-corrected chi connectivity index (χ3v) is 5.67. The molecule has 0 unspecified atom stereocenters. The molecule has 24 heavy (non-hydrogen) atoms. The first-order valence-electron chi connectivity index (χ1n) is 8.26. The van der Waals surface area contributed by atoms with Crippen LogP contribution in [0.1, 0.15) is 46.8 Å². The van der Waals surface area contributed by atoms with Gasteiger partial charge in [-0.1, -0.05) is 44.0 Å². The Kier molecular flexibility index (Phi) is 5.02. The van der Waals surface area contributed by atoms with Crippen molar-refractivity contribution in [1.29, 1.82) is 0 Å². The van der Waals surface area contributed by atoms with Crippen LogP contribution in [0.5, 0.6) is 0 Å². The predicted molar refractivity (Wildman–Crippen MR) is 104 cm³/mol. The summed E-state index contributed by atoms with van der Waals surface area (Å²) in [6, 6.07) is 7.68. The smallest absolute Gasteiger partial charge is 0.160 e. The van der Waals surface area contributed by atoms with Crippen molar-refractivity contribution in [2.24, 2.45) is 0 Å². The molecule has 0 amide bonds. The van der Waals surface area contributed by atoms with Crippen LogP contribution in [-0.2, 0) is 12.8 Å². The van der Waals surface area contributed by atoms with E-state index in [1.807, 2.05) is 24.3 Å². The van der Waals surface area contributed by atoms with E-state index in [4.69, 9.17) is 16.6 Å². The van der Waals surface area contributed by atoms with Crippen LogP contribution in [0, 0.1) is 6.92 Å². The zero-order chi connectivity index (χ0) is 17.3. The summed E-state index contributed by atoms with van der Waals surface area (Å²) in [5.74, 6) is 0. The van der Waals surface area contributed by atoms with Crippen LogP contribution in [0.3, 0.4) is 0 Å². The zero-order valence-electron chi connectivity index (χ0n) is 14.1. The Balaban J connectivity index is 2.37. The van der Waals surface area contributed by atoms with Crippen molar-refractivity contribution >= 4 is 39.4 Å². The van der Waals surface area contributed by atoms with Gasteiger partial charge in [-0.15, -0.1) is 11.3 Å². The number of aldehydes is 1. The number of fused-ring (bicyclic) bond motifs is 1. The molecule has 4 heteroatoms. The molecule has 0 spiro atoms. The van der Waals surface area contributed by atoms with E-state index >= 15 is 0 Å². The second kappa shape index (κ2) is 7.04. The molecule has 0 aliphatic rings. The first-order valence-corrected chi connectivity index (χ1v) is 9.46. The van der Waals surface area contributed by atoms with Crippen molar-refractivity contribution < 1.29 is 4.79 Å². The Morgan fingerprint density at radius 1 is 1.21 bits per heavy atom. The van der Waals surface area contributed by atoms with E-state index in [9.17, 15) is 4.79 Å². The van der Waals surface area contributed by atoms with Crippen LogP contribution in [0.4, 0.5) is 0 Å². The quantitative estimate of drug-likeness (QED) is 0.505. The maximum absolute atomic E-state index is 11.7. The summed E-state index contributed by atoms with van der Waals surface area (Å²) in [4.78, 5) is 18.2. The van der Waals surface area contributed by atoms with Crippen molar-refractivity contribution in [3.05, 3.63) is 51.0 Å². The monoisotopic (exact) mass is 357 g/mol. The Hall–Kier alpha value is -1.71. The number of aryl methyl sites for hydroxylation is 2. The van der Waals surface area contributed by atoms with Gasteiger partial charge in [-0.25, -0.2) is 4.98 Å². The average Bonchev–Trinajstić information content (AvgIpc) is 2.96. The van der Waals surface area contributed by atoms with Gasteiger partial charge >= 0.3 is 0 Å². The Bertz CT molecular complexity index is 896. The van der Waals surface area contributed by atoms with Gasteiger partial charge in [-0.2, -0.15) is 0 Å². The molecule has 0 radical (unpaired) electrons. The molecule has 2 aromatic heterocycles. The summed E-state index contributed by atoms with van der Waals surface area (Å²) in [6.07, 6.45) is 3.96. The van der Waals surface area contributed by atoms with E-state index in [1.54, 1.807) is 0 Å². The Morgan fingerprint density at radius 2 is 1.92 bits per heavy atom. The highest BCUT2D eigenvalue weighted by Crippen LogP contribution is 2.41. The largest absolute Gasteiger partial charge is 0.297 e. The molecule has 3 aromatic rings. The number of halogens is 1. The van der Waals surface area contributed by atoms with Crippen LogP contribution in [-0.4, -0.2) is 11.3 Å². The number of rotatable bonds is 5. The summed E-state index contributed by atoms with van der Waals surface area (Å²) in [5, 5.41) is 1.81. The van der Waals surface area contributed by atoms with E-state index < -0.39 is 0 Å². The third kappa shape index (κ3) is 2.87. The van der Waals surface area contributed by atoms with Gasteiger partial charge in [0.25, 0.3) is 0 Å². The highest BCUT2D eigenvalue weighted by molar-refractivity contribution is 7.20. The SMILES string of the molecule is CCCc1c(CC)nc2sc(C=O)c(-c3ccc(Cl)cc3)c2c1C. The fourth-order valence-corrected chi connectivity index (χ4v) is 4.50. The van der Waals surface area contributed by atoms with Crippen molar-refractivity contribution in [1.82, 2.24) is 4.98 Å². The van der Waals surface area contributed by atoms with Gasteiger partial charge in [-0.3, -0.25) is 4.79 Å². The number of carbonyl (C=O) groups excluding carboxylic acids is 1. The van der Waals surface area contributed by atoms with Gasteiger partial charge in [0.05, 0.1) is 4.88 Å². The number of pyridine rings is 1. The van der Waals surface area contributed by atoms with Crippen molar-refractivity contribution in [2.45, 2.75) is 40.0 Å². The predicted octanol–water partition coefficient (Wildman–Crippen LogP) is 6.25. The maximum Gasteiger partial charge on any atom is 0.160 e. The number of hydrogen-bond acceptors (Lipinski definition) is 3. The van der Waals surface area contributed by atoms with Gasteiger partial charge in [0.1, 0.15) is 4.83 Å². The lowest BCUT2D eigenvalue weighted by atomic mass is 9.94. The van der Waals surface area contributed by atoms with Crippen LogP contribution in [0.25, 0.3) is 21.3 Å². The maximum atomic E-state index is 11.7. The second-order valence-corrected chi connectivity index (χ2v) is 7.38. The van der Waals surface area contributed by atoms with E-state index in [0.717, 1.165) is 57.5 Å². The van der Waals surface area contributed by atoms with E-state index in [0.29, 0.717) is 5.02 Å². The lowest BCUT2D eigenvalue weighted by Crippen LogP contribution is -2.00. The van der Waals surface area contributed by atoms with E-state index in [2.05, 4.69) is 20.8 Å². The minimum atomic E-state index is 0.695. The fraction of sp³-hybridized carbons (Fsp3) is 0.300. The molecule has 124 valence electrons. The minimum absolute atomic E-state index is 0.695. The molecule has 0 aliphatic heterocycles. The van der Waals surface area contributed by atoms with Crippen molar-refractivity contribution in [2.75, 3.05) is 0 Å². The van der Waals surface area contributed by atoms with E-state index in [-0.39, 0.29) is 0 Å². The van der Waals surface area contributed by atoms with Crippen molar-refractivity contribution in [3.63, 3.8) is 0 Å². The Labute approximate surface area is 151 Å². The highest BCUT2D eigenvalue weighted by Gasteiger charge is 2.20. The van der Waals surface area contributed by atoms with Gasteiger partial charge in [0.2, 0.25) is 0 Å². The van der Waals surface area contributed by atoms with Gasteiger partial charge in [0.15, 0.2) is 6.29 Å². The molecular weight excluding hydrogens is 338 g/mol. The normalized spacial score (nSPS) is 11.2. The topological polar surface area (TPSA) is 30.0 Å². The second-order valence-electron chi connectivity index (χ2n) is 5.91. The molecule has 2 nitrogen and oxygen atoms in total. The average molecular weight is 358 g/mol. The molecule has 0 fully saturated rings. The first kappa shape index (κ1) is 17.1.